The van der Waals surface area contributed by atoms with E-state index in [2.05, 4.69) is 0 Å². The Morgan fingerprint density at radius 3 is 2.47 bits per heavy atom. The number of carbonyl (C=O) groups is 1. The van der Waals surface area contributed by atoms with E-state index in [-0.39, 0.29) is 11.1 Å². The smallest absolute Gasteiger partial charge is 0.336 e. The second-order valence-electron chi connectivity index (χ2n) is 4.43. The SMILES string of the molecule is Cc1cc(C)c(-c2cc(Cl)ccc2C(=O)O)c(F)c1. The quantitative estimate of drug-likeness (QED) is 0.880. The van der Waals surface area contributed by atoms with Crippen molar-refractivity contribution in [1.29, 1.82) is 0 Å². The highest BCUT2D eigenvalue weighted by Gasteiger charge is 2.17. The molecule has 0 fully saturated rings. The van der Waals surface area contributed by atoms with Crippen molar-refractivity contribution >= 4 is 17.6 Å². The van der Waals surface area contributed by atoms with E-state index in [1.807, 2.05) is 6.07 Å². The maximum Gasteiger partial charge on any atom is 0.336 e. The van der Waals surface area contributed by atoms with Gasteiger partial charge >= 0.3 is 5.97 Å². The molecule has 0 amide bonds. The largest absolute Gasteiger partial charge is 0.478 e. The van der Waals surface area contributed by atoms with Gasteiger partial charge in [0.25, 0.3) is 0 Å². The fraction of sp³-hybridized carbons (Fsp3) is 0.133. The summed E-state index contributed by atoms with van der Waals surface area (Å²) >= 11 is 5.89. The molecule has 0 heterocycles. The molecule has 4 heteroatoms. The van der Waals surface area contributed by atoms with Crippen molar-refractivity contribution in [1.82, 2.24) is 0 Å². The Labute approximate surface area is 115 Å². The minimum absolute atomic E-state index is 0.0373. The molecule has 0 aliphatic carbocycles. The van der Waals surface area contributed by atoms with Crippen molar-refractivity contribution in [2.45, 2.75) is 13.8 Å². The molecule has 98 valence electrons. The summed E-state index contributed by atoms with van der Waals surface area (Å²) < 4.78 is 14.1. The predicted octanol–water partition coefficient (Wildman–Crippen LogP) is 4.46. The molecule has 0 bridgehead atoms. The van der Waals surface area contributed by atoms with Crippen LogP contribution < -0.4 is 0 Å². The predicted molar refractivity (Wildman–Crippen MR) is 73.3 cm³/mol. The number of carboxylic acids is 1. The van der Waals surface area contributed by atoms with E-state index >= 15 is 0 Å². The van der Waals surface area contributed by atoms with Gasteiger partial charge < -0.3 is 5.11 Å². The molecule has 2 nitrogen and oxygen atoms in total. The normalized spacial score (nSPS) is 10.5. The van der Waals surface area contributed by atoms with Crippen LogP contribution >= 0.6 is 11.6 Å². The fourth-order valence-electron chi connectivity index (χ4n) is 2.17. The van der Waals surface area contributed by atoms with Crippen LogP contribution in [0.5, 0.6) is 0 Å². The van der Waals surface area contributed by atoms with Gasteiger partial charge in [0, 0.05) is 16.1 Å². The molecule has 0 aromatic heterocycles. The third kappa shape index (κ3) is 2.61. The summed E-state index contributed by atoms with van der Waals surface area (Å²) in [5.74, 6) is -1.55. The Morgan fingerprint density at radius 2 is 1.89 bits per heavy atom. The molecule has 1 N–H and O–H groups in total. The highest BCUT2D eigenvalue weighted by Crippen LogP contribution is 2.32. The third-order valence-electron chi connectivity index (χ3n) is 2.91. The van der Waals surface area contributed by atoms with E-state index in [0.29, 0.717) is 16.1 Å². The number of hydrogen-bond donors (Lipinski definition) is 1. The molecule has 2 rings (SSSR count). The van der Waals surface area contributed by atoms with Crippen LogP contribution in [0.3, 0.4) is 0 Å². The Kier molecular flexibility index (Phi) is 3.58. The first-order valence-corrected chi connectivity index (χ1v) is 6.08. The molecule has 0 aliphatic heterocycles. The summed E-state index contributed by atoms with van der Waals surface area (Å²) in [7, 11) is 0. The maximum absolute atomic E-state index is 14.1. The first-order chi connectivity index (χ1) is 8.90. The summed E-state index contributed by atoms with van der Waals surface area (Å²) in [6.07, 6.45) is 0. The number of aromatic carboxylic acids is 1. The van der Waals surface area contributed by atoms with Crippen molar-refractivity contribution in [3.8, 4) is 11.1 Å². The van der Waals surface area contributed by atoms with Crippen LogP contribution in [0.2, 0.25) is 5.02 Å². The minimum Gasteiger partial charge on any atom is -0.478 e. The number of benzene rings is 2. The van der Waals surface area contributed by atoms with E-state index < -0.39 is 11.8 Å². The van der Waals surface area contributed by atoms with Crippen LogP contribution in [0.15, 0.2) is 30.3 Å². The van der Waals surface area contributed by atoms with Gasteiger partial charge in [-0.3, -0.25) is 0 Å². The highest BCUT2D eigenvalue weighted by molar-refractivity contribution is 6.31. The van der Waals surface area contributed by atoms with Crippen LogP contribution in [-0.2, 0) is 0 Å². The van der Waals surface area contributed by atoms with Gasteiger partial charge in [0.15, 0.2) is 0 Å². The molecule has 0 spiro atoms. The molecule has 19 heavy (non-hydrogen) atoms. The topological polar surface area (TPSA) is 37.3 Å². The molecule has 2 aromatic rings. The summed E-state index contributed by atoms with van der Waals surface area (Å²) in [4.78, 5) is 11.2. The summed E-state index contributed by atoms with van der Waals surface area (Å²) in [5.41, 5.74) is 2.09. The van der Waals surface area contributed by atoms with Crippen LogP contribution in [0.1, 0.15) is 21.5 Å². The van der Waals surface area contributed by atoms with Crippen molar-refractivity contribution in [2.75, 3.05) is 0 Å². The fourth-order valence-corrected chi connectivity index (χ4v) is 2.34. The number of rotatable bonds is 2. The molecule has 0 radical (unpaired) electrons. The average molecular weight is 279 g/mol. The van der Waals surface area contributed by atoms with Crippen LogP contribution in [0, 0.1) is 19.7 Å². The van der Waals surface area contributed by atoms with Gasteiger partial charge in [-0.15, -0.1) is 0 Å². The second-order valence-corrected chi connectivity index (χ2v) is 4.87. The second kappa shape index (κ2) is 5.02. The van der Waals surface area contributed by atoms with Gasteiger partial charge in [-0.1, -0.05) is 17.7 Å². The molecule has 0 atom stereocenters. The standard InChI is InChI=1S/C15H12ClFO2/c1-8-5-9(2)14(13(17)6-8)12-7-10(16)3-4-11(12)15(18)19/h3-7H,1-2H3,(H,18,19). The zero-order chi connectivity index (χ0) is 14.2. The van der Waals surface area contributed by atoms with Gasteiger partial charge in [-0.2, -0.15) is 0 Å². The molecular weight excluding hydrogens is 267 g/mol. The monoisotopic (exact) mass is 278 g/mol. The lowest BCUT2D eigenvalue weighted by Gasteiger charge is -2.12. The van der Waals surface area contributed by atoms with Crippen molar-refractivity contribution < 1.29 is 14.3 Å². The number of carboxylic acid groups (broad SMARTS) is 1. The zero-order valence-electron chi connectivity index (χ0n) is 10.5. The Morgan fingerprint density at radius 1 is 1.21 bits per heavy atom. The average Bonchev–Trinajstić information content (AvgIpc) is 2.27. The number of aryl methyl sites for hydroxylation is 2. The zero-order valence-corrected chi connectivity index (χ0v) is 11.3. The first kappa shape index (κ1) is 13.6. The van der Waals surface area contributed by atoms with Gasteiger partial charge in [0.2, 0.25) is 0 Å². The van der Waals surface area contributed by atoms with Gasteiger partial charge in [0.1, 0.15) is 5.82 Å². The van der Waals surface area contributed by atoms with Gasteiger partial charge in [-0.05, 0) is 49.2 Å². The lowest BCUT2D eigenvalue weighted by Crippen LogP contribution is -2.02. The minimum atomic E-state index is -1.11. The summed E-state index contributed by atoms with van der Waals surface area (Å²) in [6.45, 7) is 3.54. The van der Waals surface area contributed by atoms with Crippen LogP contribution in [0.4, 0.5) is 4.39 Å². The van der Waals surface area contributed by atoms with E-state index in [1.165, 1.54) is 24.3 Å². The van der Waals surface area contributed by atoms with Gasteiger partial charge in [0.05, 0.1) is 5.56 Å². The molecule has 0 unspecified atom stereocenters. The molecule has 2 aromatic carbocycles. The van der Waals surface area contributed by atoms with Gasteiger partial charge in [-0.25, -0.2) is 9.18 Å². The number of hydrogen-bond acceptors (Lipinski definition) is 1. The van der Waals surface area contributed by atoms with Crippen molar-refractivity contribution in [3.05, 3.63) is 57.9 Å². The lowest BCUT2D eigenvalue weighted by atomic mass is 9.94. The Bertz CT molecular complexity index is 642. The van der Waals surface area contributed by atoms with E-state index in [1.54, 1.807) is 13.8 Å². The van der Waals surface area contributed by atoms with Crippen molar-refractivity contribution in [2.24, 2.45) is 0 Å². The summed E-state index contributed by atoms with van der Waals surface area (Å²) in [5, 5.41) is 9.56. The van der Waals surface area contributed by atoms with Crippen molar-refractivity contribution in [3.63, 3.8) is 0 Å². The first-order valence-electron chi connectivity index (χ1n) is 5.70. The molecular formula is C15H12ClFO2. The number of halogens is 2. The molecule has 0 aliphatic rings. The van der Waals surface area contributed by atoms with E-state index in [0.717, 1.165) is 5.56 Å². The third-order valence-corrected chi connectivity index (χ3v) is 3.15. The van der Waals surface area contributed by atoms with E-state index in [9.17, 15) is 14.3 Å². The van der Waals surface area contributed by atoms with E-state index in [4.69, 9.17) is 11.6 Å². The highest BCUT2D eigenvalue weighted by atomic mass is 35.5. The Balaban J connectivity index is 2.78. The molecule has 0 saturated carbocycles. The maximum atomic E-state index is 14.1. The molecule has 0 saturated heterocycles. The lowest BCUT2D eigenvalue weighted by molar-refractivity contribution is 0.0698. The summed E-state index contributed by atoms with van der Waals surface area (Å²) in [6, 6.07) is 7.54. The van der Waals surface area contributed by atoms with Crippen LogP contribution in [0.25, 0.3) is 11.1 Å². The Hall–Kier alpha value is -1.87. The van der Waals surface area contributed by atoms with Crippen LogP contribution in [-0.4, -0.2) is 11.1 Å².